The van der Waals surface area contributed by atoms with Gasteiger partial charge in [0.2, 0.25) is 0 Å². The number of benzene rings is 1. The van der Waals surface area contributed by atoms with Crippen LogP contribution in [-0.4, -0.2) is 48.4 Å². The molecule has 4 nitrogen and oxygen atoms in total. The number of likely N-dealkylation sites (tertiary alicyclic amines) is 1. The number of hydrogen-bond acceptors (Lipinski definition) is 4. The third-order valence-corrected chi connectivity index (χ3v) is 2.98. The van der Waals surface area contributed by atoms with Gasteiger partial charge < -0.3 is 14.8 Å². The largest absolute Gasteiger partial charge is 0.488 e. The molecule has 16 heavy (non-hydrogen) atoms. The van der Waals surface area contributed by atoms with Gasteiger partial charge in [0.15, 0.2) is 0 Å². The number of methoxy groups -OCH3 is 1. The minimum absolute atomic E-state index is 0.325. The second-order valence-corrected chi connectivity index (χ2v) is 4.12. The van der Waals surface area contributed by atoms with Crippen LogP contribution in [0.1, 0.15) is 5.56 Å². The minimum Gasteiger partial charge on any atom is -0.423 e. The molecule has 5 heteroatoms. The molecule has 0 aliphatic carbocycles. The van der Waals surface area contributed by atoms with Crippen LogP contribution in [0.25, 0.3) is 0 Å². The number of nitrogens with zero attached hydrogens (tertiary/aromatic N) is 1. The van der Waals surface area contributed by atoms with E-state index in [4.69, 9.17) is 4.74 Å². The zero-order chi connectivity index (χ0) is 11.5. The first-order chi connectivity index (χ1) is 7.70. The Morgan fingerprint density at radius 2 is 2.06 bits per heavy atom. The highest BCUT2D eigenvalue weighted by Crippen LogP contribution is 2.14. The van der Waals surface area contributed by atoms with E-state index in [2.05, 4.69) is 4.90 Å². The summed E-state index contributed by atoms with van der Waals surface area (Å²) < 4.78 is 5.19. The third kappa shape index (κ3) is 2.44. The smallest absolute Gasteiger partial charge is 0.423 e. The first kappa shape index (κ1) is 11.6. The zero-order valence-corrected chi connectivity index (χ0v) is 9.34. The molecule has 2 rings (SSSR count). The molecule has 2 N–H and O–H groups in total. The van der Waals surface area contributed by atoms with E-state index >= 15 is 0 Å². The molecule has 0 atom stereocenters. The normalized spacial score (nSPS) is 17.2. The van der Waals surface area contributed by atoms with Gasteiger partial charge in [-0.2, -0.15) is 0 Å². The molecular weight excluding hydrogens is 205 g/mol. The molecule has 86 valence electrons. The van der Waals surface area contributed by atoms with Gasteiger partial charge in [0.25, 0.3) is 0 Å². The summed E-state index contributed by atoms with van der Waals surface area (Å²) in [6, 6.07) is 7.39. The van der Waals surface area contributed by atoms with E-state index in [0.717, 1.165) is 25.2 Å². The second-order valence-electron chi connectivity index (χ2n) is 4.12. The van der Waals surface area contributed by atoms with Gasteiger partial charge in [-0.1, -0.05) is 24.3 Å². The molecule has 1 aromatic carbocycles. The second kappa shape index (κ2) is 4.97. The zero-order valence-electron chi connectivity index (χ0n) is 9.34. The molecule has 0 radical (unpaired) electrons. The van der Waals surface area contributed by atoms with Crippen LogP contribution >= 0.6 is 0 Å². The van der Waals surface area contributed by atoms with E-state index in [9.17, 15) is 10.0 Å². The highest BCUT2D eigenvalue weighted by atomic mass is 16.5. The summed E-state index contributed by atoms with van der Waals surface area (Å²) in [5, 5.41) is 18.4. The molecule has 0 bridgehead atoms. The van der Waals surface area contributed by atoms with Crippen molar-refractivity contribution in [1.29, 1.82) is 0 Å². The van der Waals surface area contributed by atoms with Crippen LogP contribution in [0.4, 0.5) is 0 Å². The minimum atomic E-state index is -1.39. The fourth-order valence-corrected chi connectivity index (χ4v) is 1.97. The number of hydrogen-bond donors (Lipinski definition) is 2. The Labute approximate surface area is 95.6 Å². The van der Waals surface area contributed by atoms with Gasteiger partial charge in [0.05, 0.1) is 6.10 Å². The van der Waals surface area contributed by atoms with Crippen LogP contribution in [-0.2, 0) is 11.3 Å². The van der Waals surface area contributed by atoms with Crippen LogP contribution in [0.5, 0.6) is 0 Å². The average molecular weight is 221 g/mol. The monoisotopic (exact) mass is 221 g/mol. The third-order valence-electron chi connectivity index (χ3n) is 2.98. The Hall–Kier alpha value is -0.875. The van der Waals surface area contributed by atoms with E-state index in [0.29, 0.717) is 11.6 Å². The Kier molecular flexibility index (Phi) is 3.61. The molecule has 1 aliphatic heterocycles. The van der Waals surface area contributed by atoms with Crippen LogP contribution in [0, 0.1) is 0 Å². The van der Waals surface area contributed by atoms with Crippen molar-refractivity contribution < 1.29 is 14.8 Å². The summed E-state index contributed by atoms with van der Waals surface area (Å²) in [5.74, 6) is 0. The quantitative estimate of drug-likeness (QED) is 0.653. The van der Waals surface area contributed by atoms with Gasteiger partial charge in [0, 0.05) is 26.7 Å². The van der Waals surface area contributed by atoms with Gasteiger partial charge >= 0.3 is 7.12 Å². The molecule has 1 heterocycles. The molecule has 1 aromatic rings. The number of rotatable bonds is 4. The van der Waals surface area contributed by atoms with Crippen LogP contribution < -0.4 is 5.46 Å². The van der Waals surface area contributed by atoms with E-state index in [1.807, 2.05) is 18.2 Å². The summed E-state index contributed by atoms with van der Waals surface area (Å²) in [4.78, 5) is 2.22. The summed E-state index contributed by atoms with van der Waals surface area (Å²) in [6.07, 6.45) is 0.325. The molecule has 1 saturated heterocycles. The van der Waals surface area contributed by atoms with Crippen molar-refractivity contribution in [2.45, 2.75) is 12.6 Å². The molecule has 0 saturated carbocycles. The van der Waals surface area contributed by atoms with Crippen LogP contribution in [0.15, 0.2) is 24.3 Å². The first-order valence-electron chi connectivity index (χ1n) is 5.40. The van der Waals surface area contributed by atoms with Gasteiger partial charge in [-0.15, -0.1) is 0 Å². The lowest BCUT2D eigenvalue weighted by Crippen LogP contribution is -2.51. The summed E-state index contributed by atoms with van der Waals surface area (Å²) in [7, 11) is 0.323. The lowest BCUT2D eigenvalue weighted by atomic mass is 9.77. The molecule has 0 unspecified atom stereocenters. The van der Waals surface area contributed by atoms with Gasteiger partial charge in [0.1, 0.15) is 0 Å². The van der Waals surface area contributed by atoms with Crippen molar-refractivity contribution >= 4 is 12.6 Å². The van der Waals surface area contributed by atoms with Crippen molar-refractivity contribution in [2.75, 3.05) is 20.2 Å². The van der Waals surface area contributed by atoms with E-state index < -0.39 is 7.12 Å². The maximum absolute atomic E-state index is 9.22. The van der Waals surface area contributed by atoms with Crippen LogP contribution in [0.3, 0.4) is 0 Å². The highest BCUT2D eigenvalue weighted by molar-refractivity contribution is 6.59. The SMILES string of the molecule is COC1CN(Cc2ccccc2B(O)O)C1. The standard InChI is InChI=1S/C11H16BNO3/c1-16-10-7-13(8-10)6-9-4-2-3-5-11(9)12(14)15/h2-5,10,14-15H,6-8H2,1H3. The summed E-state index contributed by atoms with van der Waals surface area (Å²) >= 11 is 0. The Bertz CT molecular complexity index is 353. The Morgan fingerprint density at radius 3 is 2.69 bits per heavy atom. The van der Waals surface area contributed by atoms with Crippen molar-refractivity contribution in [3.63, 3.8) is 0 Å². The van der Waals surface area contributed by atoms with Crippen molar-refractivity contribution in [2.24, 2.45) is 0 Å². The predicted octanol–water partition coefficient (Wildman–Crippen LogP) is -0.803. The van der Waals surface area contributed by atoms with Gasteiger partial charge in [-0.05, 0) is 11.0 Å². The van der Waals surface area contributed by atoms with Gasteiger partial charge in [-0.25, -0.2) is 0 Å². The molecule has 0 amide bonds. The van der Waals surface area contributed by atoms with E-state index in [-0.39, 0.29) is 0 Å². The van der Waals surface area contributed by atoms with Crippen molar-refractivity contribution in [3.8, 4) is 0 Å². The lowest BCUT2D eigenvalue weighted by molar-refractivity contribution is -0.0332. The lowest BCUT2D eigenvalue weighted by Gasteiger charge is -2.38. The fraction of sp³-hybridized carbons (Fsp3) is 0.455. The predicted molar refractivity (Wildman–Crippen MR) is 62.3 cm³/mol. The van der Waals surface area contributed by atoms with E-state index in [1.54, 1.807) is 13.2 Å². The molecular formula is C11H16BNO3. The van der Waals surface area contributed by atoms with Crippen molar-refractivity contribution in [1.82, 2.24) is 4.90 Å². The summed E-state index contributed by atoms with van der Waals surface area (Å²) in [5.41, 5.74) is 1.55. The molecule has 0 aromatic heterocycles. The van der Waals surface area contributed by atoms with Gasteiger partial charge in [-0.3, -0.25) is 4.90 Å². The highest BCUT2D eigenvalue weighted by Gasteiger charge is 2.27. The van der Waals surface area contributed by atoms with Crippen LogP contribution in [0.2, 0.25) is 0 Å². The Balaban J connectivity index is 1.99. The molecule has 0 spiro atoms. The number of ether oxygens (including phenoxy) is 1. The first-order valence-corrected chi connectivity index (χ1v) is 5.40. The maximum Gasteiger partial charge on any atom is 0.488 e. The topological polar surface area (TPSA) is 52.9 Å². The molecule has 1 aliphatic rings. The average Bonchev–Trinajstić information content (AvgIpc) is 2.23. The maximum atomic E-state index is 9.22. The Morgan fingerprint density at radius 1 is 1.38 bits per heavy atom. The molecule has 1 fully saturated rings. The fourth-order valence-electron chi connectivity index (χ4n) is 1.97. The summed E-state index contributed by atoms with van der Waals surface area (Å²) in [6.45, 7) is 2.56. The van der Waals surface area contributed by atoms with E-state index in [1.165, 1.54) is 0 Å². The van der Waals surface area contributed by atoms with Crippen molar-refractivity contribution in [3.05, 3.63) is 29.8 Å².